The minimum atomic E-state index is -0.263. The first-order chi connectivity index (χ1) is 11.0. The number of nitrogens with zero attached hydrogens (tertiary/aromatic N) is 1. The molecule has 2 aromatic rings. The van der Waals surface area contributed by atoms with Gasteiger partial charge in [0.25, 0.3) is 0 Å². The molecule has 120 valence electrons. The molecular weight excluding hydrogens is 309 g/mol. The lowest BCUT2D eigenvalue weighted by Crippen LogP contribution is -2.28. The lowest BCUT2D eigenvalue weighted by Gasteiger charge is -2.27. The lowest BCUT2D eigenvalue weighted by molar-refractivity contribution is -0.128. The van der Waals surface area contributed by atoms with Gasteiger partial charge in [0.05, 0.1) is 5.75 Å². The third-order valence-electron chi connectivity index (χ3n) is 4.20. The van der Waals surface area contributed by atoms with E-state index in [0.717, 1.165) is 5.56 Å². The third kappa shape index (κ3) is 3.27. The number of amides is 1. The predicted octanol–water partition coefficient (Wildman–Crippen LogP) is 4.53. The number of benzene rings is 2. The average molecular weight is 329 g/mol. The summed E-state index contributed by atoms with van der Waals surface area (Å²) >= 11 is 1.65. The molecule has 0 N–H and O–H groups in total. The van der Waals surface area contributed by atoms with Crippen LogP contribution in [0.1, 0.15) is 33.2 Å². The first-order valence-corrected chi connectivity index (χ1v) is 8.74. The van der Waals surface area contributed by atoms with E-state index in [4.69, 9.17) is 0 Å². The number of rotatable bonds is 3. The molecule has 0 bridgehead atoms. The Balaban J connectivity index is 1.94. The van der Waals surface area contributed by atoms with E-state index in [1.54, 1.807) is 17.8 Å². The first kappa shape index (κ1) is 16.1. The summed E-state index contributed by atoms with van der Waals surface area (Å²) in [4.78, 5) is 14.2. The maximum atomic E-state index is 13.4. The van der Waals surface area contributed by atoms with Crippen LogP contribution in [0.3, 0.4) is 0 Å². The second-order valence-electron chi connectivity index (χ2n) is 6.13. The molecule has 1 fully saturated rings. The number of carbonyl (C=O) groups is 1. The second-order valence-corrected chi connectivity index (χ2v) is 7.20. The summed E-state index contributed by atoms with van der Waals surface area (Å²) in [6.07, 6.45) is 0. The zero-order valence-corrected chi connectivity index (χ0v) is 14.4. The fraction of sp³-hybridized carbons (Fsp3) is 0.316. The quantitative estimate of drug-likeness (QED) is 0.825. The lowest BCUT2D eigenvalue weighted by atomic mass is 9.99. The summed E-state index contributed by atoms with van der Waals surface area (Å²) in [7, 11) is 0. The second kappa shape index (κ2) is 6.36. The summed E-state index contributed by atoms with van der Waals surface area (Å²) < 4.78 is 13.4. The highest BCUT2D eigenvalue weighted by molar-refractivity contribution is 8.00. The first-order valence-electron chi connectivity index (χ1n) is 7.69. The molecule has 1 atom stereocenters. The van der Waals surface area contributed by atoms with Gasteiger partial charge in [-0.25, -0.2) is 4.39 Å². The Hall–Kier alpha value is -1.81. The molecule has 2 aromatic carbocycles. The number of hydrogen-bond acceptors (Lipinski definition) is 2. The molecule has 0 aliphatic carbocycles. The molecule has 1 heterocycles. The fourth-order valence-electron chi connectivity index (χ4n) is 3.28. The van der Waals surface area contributed by atoms with Crippen LogP contribution in [-0.2, 0) is 11.3 Å². The van der Waals surface area contributed by atoms with Crippen molar-refractivity contribution in [3.63, 3.8) is 0 Å². The van der Waals surface area contributed by atoms with Gasteiger partial charge >= 0.3 is 0 Å². The van der Waals surface area contributed by atoms with Gasteiger partial charge in [-0.15, -0.1) is 11.8 Å². The van der Waals surface area contributed by atoms with Crippen LogP contribution in [0.5, 0.6) is 0 Å². The molecule has 4 heteroatoms. The Kier molecular flexibility index (Phi) is 4.44. The van der Waals surface area contributed by atoms with Crippen LogP contribution in [0.25, 0.3) is 0 Å². The molecule has 1 saturated heterocycles. The van der Waals surface area contributed by atoms with Crippen LogP contribution in [0.2, 0.25) is 0 Å². The fourth-order valence-corrected chi connectivity index (χ4v) is 4.65. The molecule has 23 heavy (non-hydrogen) atoms. The molecule has 3 rings (SSSR count). The molecule has 1 aliphatic rings. The van der Waals surface area contributed by atoms with Gasteiger partial charge in [0, 0.05) is 6.54 Å². The van der Waals surface area contributed by atoms with Gasteiger partial charge in [0.15, 0.2) is 0 Å². The zero-order chi connectivity index (χ0) is 16.6. The number of carbonyl (C=O) groups excluding carboxylic acids is 1. The van der Waals surface area contributed by atoms with Gasteiger partial charge < -0.3 is 4.90 Å². The van der Waals surface area contributed by atoms with Crippen LogP contribution in [-0.4, -0.2) is 16.6 Å². The Morgan fingerprint density at radius 3 is 2.52 bits per heavy atom. The number of hydrogen-bond donors (Lipinski definition) is 0. The van der Waals surface area contributed by atoms with Crippen molar-refractivity contribution in [1.82, 2.24) is 4.90 Å². The maximum absolute atomic E-state index is 13.4. The van der Waals surface area contributed by atoms with Gasteiger partial charge in [-0.05, 0) is 55.2 Å². The van der Waals surface area contributed by atoms with Gasteiger partial charge in [0.1, 0.15) is 11.2 Å². The van der Waals surface area contributed by atoms with Crippen LogP contribution >= 0.6 is 11.8 Å². The number of halogens is 1. The average Bonchev–Trinajstić information content (AvgIpc) is 2.80. The molecule has 2 nitrogen and oxygen atoms in total. The molecule has 1 unspecified atom stereocenters. The van der Waals surface area contributed by atoms with Gasteiger partial charge in [-0.3, -0.25) is 4.79 Å². The smallest absolute Gasteiger partial charge is 0.234 e. The van der Waals surface area contributed by atoms with Crippen molar-refractivity contribution in [2.45, 2.75) is 32.7 Å². The molecule has 1 amide bonds. The Morgan fingerprint density at radius 2 is 1.87 bits per heavy atom. The minimum absolute atomic E-state index is 0.00590. The Morgan fingerprint density at radius 1 is 1.17 bits per heavy atom. The Labute approximate surface area is 140 Å². The summed E-state index contributed by atoms with van der Waals surface area (Å²) in [5, 5.41) is 0.00590. The van der Waals surface area contributed by atoms with E-state index in [0.29, 0.717) is 12.3 Å². The number of thioether (sulfide) groups is 1. The summed E-state index contributed by atoms with van der Waals surface area (Å²) in [6.45, 7) is 6.72. The monoisotopic (exact) mass is 329 g/mol. The van der Waals surface area contributed by atoms with E-state index in [1.807, 2.05) is 11.0 Å². The van der Waals surface area contributed by atoms with Crippen molar-refractivity contribution in [3.05, 3.63) is 70.0 Å². The molecule has 0 radical (unpaired) electrons. The van der Waals surface area contributed by atoms with Crippen molar-refractivity contribution in [3.8, 4) is 0 Å². The molecule has 0 saturated carbocycles. The highest BCUT2D eigenvalue weighted by Gasteiger charge is 2.34. The summed E-state index contributed by atoms with van der Waals surface area (Å²) in [5.41, 5.74) is 5.68. The van der Waals surface area contributed by atoms with Crippen molar-refractivity contribution < 1.29 is 9.18 Å². The van der Waals surface area contributed by atoms with E-state index >= 15 is 0 Å². The largest absolute Gasteiger partial charge is 0.321 e. The van der Waals surface area contributed by atoms with E-state index in [-0.39, 0.29) is 17.1 Å². The van der Waals surface area contributed by atoms with Crippen molar-refractivity contribution in [1.29, 1.82) is 0 Å². The van der Waals surface area contributed by atoms with E-state index in [1.165, 1.54) is 34.4 Å². The Bertz CT molecular complexity index is 736. The van der Waals surface area contributed by atoms with Crippen LogP contribution in [0, 0.1) is 26.6 Å². The zero-order valence-electron chi connectivity index (χ0n) is 13.6. The summed E-state index contributed by atoms with van der Waals surface area (Å²) in [6, 6.07) is 10.8. The highest BCUT2D eigenvalue weighted by Crippen LogP contribution is 2.42. The van der Waals surface area contributed by atoms with Gasteiger partial charge in [0.2, 0.25) is 5.91 Å². The van der Waals surface area contributed by atoms with Gasteiger partial charge in [-0.2, -0.15) is 0 Å². The highest BCUT2D eigenvalue weighted by atomic mass is 32.2. The van der Waals surface area contributed by atoms with Crippen molar-refractivity contribution in [2.75, 3.05) is 5.75 Å². The third-order valence-corrected chi connectivity index (χ3v) is 5.41. The summed E-state index contributed by atoms with van der Waals surface area (Å²) in [5.74, 6) is 0.330. The van der Waals surface area contributed by atoms with Crippen molar-refractivity contribution in [2.24, 2.45) is 0 Å². The van der Waals surface area contributed by atoms with E-state index in [2.05, 4.69) is 32.9 Å². The van der Waals surface area contributed by atoms with Gasteiger partial charge in [-0.1, -0.05) is 29.8 Å². The molecule has 0 spiro atoms. The van der Waals surface area contributed by atoms with Crippen LogP contribution < -0.4 is 0 Å². The SMILES string of the molecule is Cc1cc(C)c(C2SCC(=O)N2Cc2cccc(F)c2)c(C)c1. The van der Waals surface area contributed by atoms with Crippen LogP contribution in [0.4, 0.5) is 4.39 Å². The van der Waals surface area contributed by atoms with E-state index < -0.39 is 0 Å². The molecule has 1 aliphatic heterocycles. The van der Waals surface area contributed by atoms with Crippen molar-refractivity contribution >= 4 is 17.7 Å². The van der Waals surface area contributed by atoms with Crippen LogP contribution in [0.15, 0.2) is 36.4 Å². The topological polar surface area (TPSA) is 20.3 Å². The predicted molar refractivity (Wildman–Crippen MR) is 92.8 cm³/mol. The normalized spacial score (nSPS) is 17.8. The number of aryl methyl sites for hydroxylation is 3. The standard InChI is InChI=1S/C19H20FNOS/c1-12-7-13(2)18(14(3)8-12)19-21(17(22)11-23-19)10-15-5-4-6-16(20)9-15/h4-9,19H,10-11H2,1-3H3. The molecule has 0 aromatic heterocycles. The molecular formula is C19H20FNOS. The minimum Gasteiger partial charge on any atom is -0.321 e. The van der Waals surface area contributed by atoms with E-state index in [9.17, 15) is 9.18 Å². The maximum Gasteiger partial charge on any atom is 0.234 e.